The number of carbonyl (C=O) groups excluding carboxylic acids is 1. The molecule has 140 valence electrons. The molecular formula is C22H24ClN3O. The van der Waals surface area contributed by atoms with Crippen LogP contribution >= 0.6 is 11.6 Å². The van der Waals surface area contributed by atoms with E-state index in [1.54, 1.807) is 0 Å². The number of benzene rings is 2. The van der Waals surface area contributed by atoms with Crippen molar-refractivity contribution >= 4 is 34.1 Å². The molecule has 3 aromatic rings. The number of fused-ring (bicyclic) bond motifs is 1. The van der Waals surface area contributed by atoms with Crippen molar-refractivity contribution in [2.75, 3.05) is 31.1 Å². The van der Waals surface area contributed by atoms with E-state index in [2.05, 4.69) is 47.0 Å². The van der Waals surface area contributed by atoms with E-state index in [4.69, 9.17) is 11.6 Å². The molecule has 2 aromatic carbocycles. The Balaban J connectivity index is 1.31. The van der Waals surface area contributed by atoms with Crippen molar-refractivity contribution in [1.82, 2.24) is 9.47 Å². The molecule has 4 nitrogen and oxygen atoms in total. The third-order valence-electron chi connectivity index (χ3n) is 5.40. The van der Waals surface area contributed by atoms with Gasteiger partial charge in [0.05, 0.1) is 0 Å². The predicted molar refractivity (Wildman–Crippen MR) is 111 cm³/mol. The summed E-state index contributed by atoms with van der Waals surface area (Å²) in [5, 5.41) is 1.99. The number of aryl methyl sites for hydroxylation is 2. The van der Waals surface area contributed by atoms with Crippen LogP contribution in [0.15, 0.2) is 54.7 Å². The smallest absolute Gasteiger partial charge is 0.223 e. The average molecular weight is 382 g/mol. The van der Waals surface area contributed by atoms with Crippen LogP contribution in [0.2, 0.25) is 5.02 Å². The number of hydrogen-bond donors (Lipinski definition) is 0. The second-order valence-corrected chi connectivity index (χ2v) is 7.60. The van der Waals surface area contributed by atoms with Crippen LogP contribution < -0.4 is 4.90 Å². The molecule has 0 aliphatic carbocycles. The minimum absolute atomic E-state index is 0.248. The van der Waals surface area contributed by atoms with Crippen molar-refractivity contribution in [1.29, 1.82) is 0 Å². The fourth-order valence-electron chi connectivity index (χ4n) is 3.74. The van der Waals surface area contributed by atoms with Gasteiger partial charge in [-0.1, -0.05) is 23.7 Å². The number of carbonyl (C=O) groups is 1. The van der Waals surface area contributed by atoms with E-state index >= 15 is 0 Å². The van der Waals surface area contributed by atoms with Gasteiger partial charge in [-0.15, -0.1) is 0 Å². The molecule has 0 spiro atoms. The molecule has 0 atom stereocenters. The van der Waals surface area contributed by atoms with Gasteiger partial charge in [0.25, 0.3) is 0 Å². The van der Waals surface area contributed by atoms with E-state index in [0.29, 0.717) is 6.42 Å². The summed E-state index contributed by atoms with van der Waals surface area (Å²) in [6, 6.07) is 16.5. The summed E-state index contributed by atoms with van der Waals surface area (Å²) in [5.41, 5.74) is 3.61. The first-order valence-electron chi connectivity index (χ1n) is 9.42. The lowest BCUT2D eigenvalue weighted by Crippen LogP contribution is -2.48. The second-order valence-electron chi connectivity index (χ2n) is 7.16. The molecular weight excluding hydrogens is 358 g/mol. The highest BCUT2D eigenvalue weighted by molar-refractivity contribution is 6.30. The zero-order valence-electron chi connectivity index (χ0n) is 15.6. The van der Waals surface area contributed by atoms with Gasteiger partial charge in [0.1, 0.15) is 0 Å². The molecule has 0 N–H and O–H groups in total. The number of aromatic nitrogens is 1. The molecule has 1 aliphatic heterocycles. The lowest BCUT2D eigenvalue weighted by Gasteiger charge is -2.36. The van der Waals surface area contributed by atoms with E-state index in [-0.39, 0.29) is 5.91 Å². The molecule has 2 heterocycles. The number of halogens is 1. The van der Waals surface area contributed by atoms with Crippen LogP contribution in [0.1, 0.15) is 12.0 Å². The first kappa shape index (κ1) is 17.9. The van der Waals surface area contributed by atoms with Gasteiger partial charge in [0.2, 0.25) is 5.91 Å². The van der Waals surface area contributed by atoms with Crippen LogP contribution in [0, 0.1) is 0 Å². The molecule has 0 radical (unpaired) electrons. The van der Waals surface area contributed by atoms with Gasteiger partial charge in [0, 0.05) is 62.1 Å². The Morgan fingerprint density at radius 2 is 1.74 bits per heavy atom. The summed E-state index contributed by atoms with van der Waals surface area (Å²) >= 11 is 5.96. The Labute approximate surface area is 164 Å². The lowest BCUT2D eigenvalue weighted by molar-refractivity contribution is -0.131. The summed E-state index contributed by atoms with van der Waals surface area (Å²) in [7, 11) is 2.05. The van der Waals surface area contributed by atoms with Crippen molar-refractivity contribution in [3.8, 4) is 0 Å². The van der Waals surface area contributed by atoms with Crippen molar-refractivity contribution < 1.29 is 4.79 Å². The molecule has 1 aliphatic rings. The summed E-state index contributed by atoms with van der Waals surface area (Å²) in [6.07, 6.45) is 3.42. The largest absolute Gasteiger partial charge is 0.368 e. The first-order chi connectivity index (χ1) is 13.1. The van der Waals surface area contributed by atoms with Crippen molar-refractivity contribution in [2.45, 2.75) is 12.8 Å². The number of hydrogen-bond acceptors (Lipinski definition) is 2. The predicted octanol–water partition coefficient (Wildman–Crippen LogP) is 4.11. The third-order valence-corrected chi connectivity index (χ3v) is 5.66. The summed E-state index contributed by atoms with van der Waals surface area (Å²) in [5.74, 6) is 0.248. The van der Waals surface area contributed by atoms with Gasteiger partial charge in [-0.05, 0) is 53.8 Å². The molecule has 27 heavy (non-hydrogen) atoms. The molecule has 1 amide bonds. The highest BCUT2D eigenvalue weighted by Crippen LogP contribution is 2.20. The molecule has 1 fully saturated rings. The van der Waals surface area contributed by atoms with E-state index < -0.39 is 0 Å². The van der Waals surface area contributed by atoms with E-state index in [1.165, 1.54) is 22.2 Å². The van der Waals surface area contributed by atoms with Crippen LogP contribution in [0.3, 0.4) is 0 Å². The minimum atomic E-state index is 0.248. The SMILES string of the molecule is Cn1ccc2ccc(CCC(=O)N3CCN(c4ccc(Cl)cc4)CC3)cc21. The van der Waals surface area contributed by atoms with Crippen LogP contribution in [-0.2, 0) is 18.3 Å². The quantitative estimate of drug-likeness (QED) is 0.680. The van der Waals surface area contributed by atoms with Crippen LogP contribution in [0.4, 0.5) is 5.69 Å². The van der Waals surface area contributed by atoms with Gasteiger partial charge in [-0.2, -0.15) is 0 Å². The average Bonchev–Trinajstić information content (AvgIpc) is 3.07. The second kappa shape index (κ2) is 7.65. The normalized spacial score (nSPS) is 14.7. The van der Waals surface area contributed by atoms with Gasteiger partial charge in [-0.25, -0.2) is 0 Å². The highest BCUT2D eigenvalue weighted by atomic mass is 35.5. The van der Waals surface area contributed by atoms with Gasteiger partial charge in [0.15, 0.2) is 0 Å². The van der Waals surface area contributed by atoms with Gasteiger partial charge in [-0.3, -0.25) is 4.79 Å². The molecule has 1 aromatic heterocycles. The fraction of sp³-hybridized carbons (Fsp3) is 0.318. The number of amides is 1. The van der Waals surface area contributed by atoms with E-state index in [1.807, 2.05) is 29.2 Å². The Morgan fingerprint density at radius 1 is 1.00 bits per heavy atom. The zero-order valence-corrected chi connectivity index (χ0v) is 16.3. The highest BCUT2D eigenvalue weighted by Gasteiger charge is 2.21. The lowest BCUT2D eigenvalue weighted by atomic mass is 10.1. The number of anilines is 1. The maximum absolute atomic E-state index is 12.6. The van der Waals surface area contributed by atoms with Gasteiger partial charge >= 0.3 is 0 Å². The van der Waals surface area contributed by atoms with Gasteiger partial charge < -0.3 is 14.4 Å². The minimum Gasteiger partial charge on any atom is -0.368 e. The van der Waals surface area contributed by atoms with Crippen molar-refractivity contribution in [2.24, 2.45) is 7.05 Å². The zero-order chi connectivity index (χ0) is 18.8. The molecule has 4 rings (SSSR count). The number of piperazine rings is 1. The topological polar surface area (TPSA) is 28.5 Å². The molecule has 1 saturated heterocycles. The fourth-order valence-corrected chi connectivity index (χ4v) is 3.86. The molecule has 0 unspecified atom stereocenters. The number of nitrogens with zero attached hydrogens (tertiary/aromatic N) is 3. The third kappa shape index (κ3) is 3.96. The van der Waals surface area contributed by atoms with Crippen LogP contribution in [0.25, 0.3) is 10.9 Å². The Bertz CT molecular complexity index is 940. The monoisotopic (exact) mass is 381 g/mol. The first-order valence-corrected chi connectivity index (χ1v) is 9.80. The summed E-state index contributed by atoms with van der Waals surface area (Å²) in [6.45, 7) is 3.28. The maximum Gasteiger partial charge on any atom is 0.223 e. The Morgan fingerprint density at radius 3 is 2.48 bits per heavy atom. The Hall–Kier alpha value is -2.46. The maximum atomic E-state index is 12.6. The molecule has 5 heteroatoms. The summed E-state index contributed by atoms with van der Waals surface area (Å²) in [4.78, 5) is 16.9. The summed E-state index contributed by atoms with van der Waals surface area (Å²) < 4.78 is 2.12. The van der Waals surface area contributed by atoms with Crippen LogP contribution in [-0.4, -0.2) is 41.6 Å². The molecule has 0 saturated carbocycles. The van der Waals surface area contributed by atoms with Crippen LogP contribution in [0.5, 0.6) is 0 Å². The Kier molecular flexibility index (Phi) is 5.08. The van der Waals surface area contributed by atoms with Crippen molar-refractivity contribution in [3.05, 3.63) is 65.3 Å². The van der Waals surface area contributed by atoms with E-state index in [9.17, 15) is 4.79 Å². The van der Waals surface area contributed by atoms with E-state index in [0.717, 1.165) is 37.6 Å². The molecule has 0 bridgehead atoms. The van der Waals surface area contributed by atoms with Crippen molar-refractivity contribution in [3.63, 3.8) is 0 Å². The standard InChI is InChI=1S/C22H24ClN3O/c1-24-11-10-18-4-2-17(16-21(18)24)3-9-22(27)26-14-12-25(13-15-26)20-7-5-19(23)6-8-20/h2,4-8,10-11,16H,3,9,12-15H2,1H3. The number of rotatable bonds is 4.